The molecular formula is C23H18N2O5. The number of benzene rings is 2. The van der Waals surface area contributed by atoms with Crippen molar-refractivity contribution in [3.8, 4) is 11.5 Å². The first-order valence-electron chi connectivity index (χ1n) is 9.54. The Balaban J connectivity index is 1.63. The van der Waals surface area contributed by atoms with Gasteiger partial charge in [-0.1, -0.05) is 30.3 Å². The van der Waals surface area contributed by atoms with Crippen molar-refractivity contribution in [2.24, 2.45) is 0 Å². The molecule has 0 unspecified atom stereocenters. The van der Waals surface area contributed by atoms with Gasteiger partial charge in [0.1, 0.15) is 5.92 Å². The Morgan fingerprint density at radius 1 is 1.10 bits per heavy atom. The van der Waals surface area contributed by atoms with Crippen LogP contribution in [0, 0.1) is 0 Å². The topological polar surface area (TPSA) is 89.0 Å². The first-order valence-corrected chi connectivity index (χ1v) is 9.54. The summed E-state index contributed by atoms with van der Waals surface area (Å²) < 4.78 is 10.8. The van der Waals surface area contributed by atoms with Gasteiger partial charge in [-0.3, -0.25) is 14.6 Å². The molecule has 0 bridgehead atoms. The molecule has 7 nitrogen and oxygen atoms in total. The van der Waals surface area contributed by atoms with E-state index in [0.717, 1.165) is 5.56 Å². The molecule has 3 heterocycles. The van der Waals surface area contributed by atoms with Crippen LogP contribution >= 0.6 is 0 Å². The maximum atomic E-state index is 13.5. The van der Waals surface area contributed by atoms with E-state index < -0.39 is 17.9 Å². The number of nitrogens with zero attached hydrogens (tertiary/aromatic N) is 2. The number of ether oxygens (including phenoxy) is 2. The summed E-state index contributed by atoms with van der Waals surface area (Å²) in [5.41, 5.74) is 2.43. The largest absolute Gasteiger partial charge is 0.481 e. The van der Waals surface area contributed by atoms with Crippen LogP contribution in [0.3, 0.4) is 0 Å². The van der Waals surface area contributed by atoms with Gasteiger partial charge in [0, 0.05) is 24.5 Å². The number of carboxylic acids is 1. The number of hydrogen-bond donors (Lipinski definition) is 1. The number of rotatable bonds is 4. The molecule has 0 fully saturated rings. The van der Waals surface area contributed by atoms with Crippen molar-refractivity contribution in [1.29, 1.82) is 0 Å². The predicted molar refractivity (Wildman–Crippen MR) is 106 cm³/mol. The van der Waals surface area contributed by atoms with Crippen molar-refractivity contribution >= 4 is 11.9 Å². The van der Waals surface area contributed by atoms with Gasteiger partial charge in [0.15, 0.2) is 11.5 Å². The van der Waals surface area contributed by atoms with Gasteiger partial charge in [0.2, 0.25) is 6.79 Å². The van der Waals surface area contributed by atoms with Gasteiger partial charge in [-0.25, -0.2) is 0 Å². The number of fused-ring (bicyclic) bond motifs is 2. The summed E-state index contributed by atoms with van der Waals surface area (Å²) in [5, 5.41) is 10.1. The van der Waals surface area contributed by atoms with Gasteiger partial charge in [-0.2, -0.15) is 0 Å². The van der Waals surface area contributed by atoms with Crippen molar-refractivity contribution in [2.45, 2.75) is 18.5 Å². The van der Waals surface area contributed by atoms with Crippen LogP contribution in [-0.2, 0) is 11.3 Å². The average molecular weight is 402 g/mol. The number of carbonyl (C=O) groups is 2. The number of carbonyl (C=O) groups excluding carboxylic acids is 1. The molecular weight excluding hydrogens is 384 g/mol. The van der Waals surface area contributed by atoms with Crippen molar-refractivity contribution in [3.05, 3.63) is 89.2 Å². The molecule has 5 rings (SSSR count). The minimum absolute atomic E-state index is 0.161. The predicted octanol–water partition coefficient (Wildman–Crippen LogP) is 3.38. The van der Waals surface area contributed by atoms with E-state index in [-0.39, 0.29) is 19.2 Å². The average Bonchev–Trinajstić information content (AvgIpc) is 3.24. The quantitative estimate of drug-likeness (QED) is 0.720. The monoisotopic (exact) mass is 402 g/mol. The summed E-state index contributed by atoms with van der Waals surface area (Å²) in [4.78, 5) is 31.6. The van der Waals surface area contributed by atoms with Crippen LogP contribution in [0.25, 0.3) is 0 Å². The first kappa shape index (κ1) is 18.2. The molecule has 2 aliphatic heterocycles. The highest BCUT2D eigenvalue weighted by Gasteiger charge is 2.44. The van der Waals surface area contributed by atoms with Crippen molar-refractivity contribution in [1.82, 2.24) is 9.88 Å². The standard InChI is InChI=1S/C23H18N2O5/c26-22-17-6-2-1-5-16(17)20(23(27)28)21(15-4-3-9-24-11-15)25(22)12-14-7-8-18-19(10-14)30-13-29-18/h1-11,20-21H,12-13H2,(H,27,28)/t20-,21-/m1/s1. The van der Waals surface area contributed by atoms with E-state index in [1.165, 1.54) is 0 Å². The summed E-state index contributed by atoms with van der Waals surface area (Å²) >= 11 is 0. The van der Waals surface area contributed by atoms with Gasteiger partial charge in [-0.05, 0) is 41.0 Å². The van der Waals surface area contributed by atoms with Crippen LogP contribution in [0.15, 0.2) is 67.0 Å². The maximum Gasteiger partial charge on any atom is 0.313 e. The molecule has 2 aliphatic rings. The molecule has 1 aromatic heterocycles. The molecule has 1 N–H and O–H groups in total. The van der Waals surface area contributed by atoms with E-state index in [1.54, 1.807) is 53.7 Å². The third kappa shape index (κ3) is 2.95. The van der Waals surface area contributed by atoms with Gasteiger partial charge >= 0.3 is 5.97 Å². The van der Waals surface area contributed by atoms with Crippen LogP contribution in [0.4, 0.5) is 0 Å². The fourth-order valence-electron chi connectivity index (χ4n) is 4.19. The molecule has 30 heavy (non-hydrogen) atoms. The van der Waals surface area contributed by atoms with E-state index in [4.69, 9.17) is 9.47 Å². The summed E-state index contributed by atoms with van der Waals surface area (Å²) in [6, 6.07) is 15.3. The molecule has 2 aromatic carbocycles. The second-order valence-electron chi connectivity index (χ2n) is 7.26. The molecule has 0 saturated carbocycles. The van der Waals surface area contributed by atoms with Crippen LogP contribution in [-0.4, -0.2) is 33.7 Å². The lowest BCUT2D eigenvalue weighted by atomic mass is 9.80. The number of carboxylic acid groups (broad SMARTS) is 1. The van der Waals surface area contributed by atoms with Crippen LogP contribution in [0.5, 0.6) is 11.5 Å². The molecule has 150 valence electrons. The summed E-state index contributed by atoms with van der Waals surface area (Å²) in [5.74, 6) is -0.836. The Kier molecular flexibility index (Phi) is 4.35. The number of pyridine rings is 1. The van der Waals surface area contributed by atoms with Crippen LogP contribution < -0.4 is 9.47 Å². The minimum atomic E-state index is -0.987. The Hall–Kier alpha value is -3.87. The lowest BCUT2D eigenvalue weighted by Crippen LogP contribution is -2.44. The number of aliphatic carboxylic acids is 1. The van der Waals surface area contributed by atoms with Crippen LogP contribution in [0.1, 0.15) is 39.0 Å². The molecule has 0 spiro atoms. The van der Waals surface area contributed by atoms with Crippen molar-refractivity contribution in [3.63, 3.8) is 0 Å². The van der Waals surface area contributed by atoms with Crippen molar-refractivity contribution < 1.29 is 24.2 Å². The van der Waals surface area contributed by atoms with Crippen molar-refractivity contribution in [2.75, 3.05) is 6.79 Å². The number of aromatic nitrogens is 1. The molecule has 7 heteroatoms. The Morgan fingerprint density at radius 3 is 2.73 bits per heavy atom. The van der Waals surface area contributed by atoms with Crippen LogP contribution in [0.2, 0.25) is 0 Å². The number of hydrogen-bond acceptors (Lipinski definition) is 5. The third-order valence-corrected chi connectivity index (χ3v) is 5.52. The molecule has 3 aromatic rings. The van der Waals surface area contributed by atoms with E-state index >= 15 is 0 Å². The maximum absolute atomic E-state index is 13.5. The summed E-state index contributed by atoms with van der Waals surface area (Å²) in [6.45, 7) is 0.390. The Bertz CT molecular complexity index is 1130. The molecule has 0 saturated heterocycles. The highest BCUT2D eigenvalue weighted by atomic mass is 16.7. The Labute approximate surface area is 172 Å². The second-order valence-corrected chi connectivity index (χ2v) is 7.26. The van der Waals surface area contributed by atoms with Gasteiger partial charge in [0.25, 0.3) is 5.91 Å². The smallest absolute Gasteiger partial charge is 0.313 e. The van der Waals surface area contributed by atoms with E-state index in [1.807, 2.05) is 18.2 Å². The van der Waals surface area contributed by atoms with Gasteiger partial charge < -0.3 is 19.5 Å². The molecule has 0 aliphatic carbocycles. The highest BCUT2D eigenvalue weighted by Crippen LogP contribution is 2.44. The molecule has 1 amide bonds. The molecule has 0 radical (unpaired) electrons. The fraction of sp³-hybridized carbons (Fsp3) is 0.174. The van der Waals surface area contributed by atoms with E-state index in [9.17, 15) is 14.7 Å². The molecule has 2 atom stereocenters. The number of amides is 1. The first-order chi connectivity index (χ1) is 14.6. The van der Waals surface area contributed by atoms with Gasteiger partial charge in [0.05, 0.1) is 6.04 Å². The Morgan fingerprint density at radius 2 is 1.93 bits per heavy atom. The third-order valence-electron chi connectivity index (χ3n) is 5.52. The zero-order chi connectivity index (χ0) is 20.7. The normalized spacial score (nSPS) is 19.5. The van der Waals surface area contributed by atoms with Gasteiger partial charge in [-0.15, -0.1) is 0 Å². The zero-order valence-electron chi connectivity index (χ0n) is 15.9. The van der Waals surface area contributed by atoms with E-state index in [0.29, 0.717) is 28.2 Å². The SMILES string of the molecule is O=C(O)[C@@H]1c2ccccc2C(=O)N(Cc2ccc3c(c2)OCO3)[C@@H]1c1cccnc1. The minimum Gasteiger partial charge on any atom is -0.481 e. The lowest BCUT2D eigenvalue weighted by Gasteiger charge is -2.40. The highest BCUT2D eigenvalue weighted by molar-refractivity contribution is 6.00. The summed E-state index contributed by atoms with van der Waals surface area (Å²) in [6.07, 6.45) is 3.24. The zero-order valence-corrected chi connectivity index (χ0v) is 15.9. The second kappa shape index (κ2) is 7.18. The van der Waals surface area contributed by atoms with E-state index in [2.05, 4.69) is 4.98 Å². The fourth-order valence-corrected chi connectivity index (χ4v) is 4.19. The lowest BCUT2D eigenvalue weighted by molar-refractivity contribution is -0.140. The summed E-state index contributed by atoms with van der Waals surface area (Å²) in [7, 11) is 0.